The van der Waals surface area contributed by atoms with Gasteiger partial charge in [0.15, 0.2) is 0 Å². The predicted octanol–water partition coefficient (Wildman–Crippen LogP) is 4.17. The third-order valence-corrected chi connectivity index (χ3v) is 3.33. The van der Waals surface area contributed by atoms with Gasteiger partial charge in [0.1, 0.15) is 0 Å². The fourth-order valence-corrected chi connectivity index (χ4v) is 2.15. The Balaban J connectivity index is 2.46. The summed E-state index contributed by atoms with van der Waals surface area (Å²) >= 11 is 0. The van der Waals surface area contributed by atoms with Gasteiger partial charge in [0, 0.05) is 6.42 Å². The second kappa shape index (κ2) is 8.52. The van der Waals surface area contributed by atoms with Gasteiger partial charge in [-0.05, 0) is 48.8 Å². The van der Waals surface area contributed by atoms with Gasteiger partial charge in [0.2, 0.25) is 0 Å². The van der Waals surface area contributed by atoms with Crippen LogP contribution in [0.2, 0.25) is 0 Å². The summed E-state index contributed by atoms with van der Waals surface area (Å²) < 4.78 is 0. The first-order valence-electron chi connectivity index (χ1n) is 7.14. The maximum atomic E-state index is 10.4. The van der Waals surface area contributed by atoms with Crippen LogP contribution in [0.25, 0.3) is 0 Å². The number of hydrogen-bond acceptors (Lipinski definition) is 1. The second-order valence-corrected chi connectivity index (χ2v) is 4.75. The monoisotopic (exact) mass is 260 g/mol. The molecule has 104 valence electrons. The van der Waals surface area contributed by atoms with Crippen LogP contribution in [0.4, 0.5) is 0 Å². The average molecular weight is 260 g/mol. The van der Waals surface area contributed by atoms with E-state index in [1.165, 1.54) is 16.7 Å². The Kier molecular flexibility index (Phi) is 6.94. The molecule has 2 nitrogen and oxygen atoms in total. The number of aliphatic carboxylic acids is 1. The van der Waals surface area contributed by atoms with E-state index in [2.05, 4.69) is 38.1 Å². The lowest BCUT2D eigenvalue weighted by molar-refractivity contribution is -0.136. The molecule has 0 unspecified atom stereocenters. The van der Waals surface area contributed by atoms with Crippen LogP contribution in [0, 0.1) is 0 Å². The third-order valence-electron chi connectivity index (χ3n) is 3.33. The van der Waals surface area contributed by atoms with E-state index in [9.17, 15) is 4.79 Å². The highest BCUT2D eigenvalue weighted by Crippen LogP contribution is 2.15. The van der Waals surface area contributed by atoms with E-state index in [-0.39, 0.29) is 6.42 Å². The standard InChI is InChI=1S/C17H24O2/c1-3-14-11-12-16(15(4-2)13-14)9-7-5-6-8-10-17(18)19/h5-6,11-13H,3-4,7-10H2,1-2H3,(H,18,19). The van der Waals surface area contributed by atoms with Crippen molar-refractivity contribution in [3.8, 4) is 0 Å². The highest BCUT2D eigenvalue weighted by atomic mass is 16.4. The van der Waals surface area contributed by atoms with Crippen molar-refractivity contribution in [3.05, 3.63) is 47.0 Å². The van der Waals surface area contributed by atoms with Crippen LogP contribution >= 0.6 is 0 Å². The first kappa shape index (κ1) is 15.5. The van der Waals surface area contributed by atoms with Crippen LogP contribution in [-0.4, -0.2) is 11.1 Å². The number of aryl methyl sites for hydroxylation is 3. The minimum Gasteiger partial charge on any atom is -0.481 e. The van der Waals surface area contributed by atoms with Crippen molar-refractivity contribution in [1.29, 1.82) is 0 Å². The molecule has 19 heavy (non-hydrogen) atoms. The number of benzene rings is 1. The van der Waals surface area contributed by atoms with Crippen LogP contribution < -0.4 is 0 Å². The number of hydrogen-bond donors (Lipinski definition) is 1. The highest BCUT2D eigenvalue weighted by Gasteiger charge is 2.01. The minimum absolute atomic E-state index is 0.224. The lowest BCUT2D eigenvalue weighted by Gasteiger charge is -2.08. The lowest BCUT2D eigenvalue weighted by atomic mass is 9.97. The zero-order valence-electron chi connectivity index (χ0n) is 12.0. The molecule has 0 heterocycles. The number of carboxylic acid groups (broad SMARTS) is 1. The van der Waals surface area contributed by atoms with Crippen molar-refractivity contribution in [1.82, 2.24) is 0 Å². The van der Waals surface area contributed by atoms with Crippen LogP contribution in [0.5, 0.6) is 0 Å². The van der Waals surface area contributed by atoms with E-state index >= 15 is 0 Å². The van der Waals surface area contributed by atoms with Crippen molar-refractivity contribution >= 4 is 5.97 Å². The fourth-order valence-electron chi connectivity index (χ4n) is 2.15. The Hall–Kier alpha value is -1.57. The Bertz CT molecular complexity index is 433. The maximum Gasteiger partial charge on any atom is 0.303 e. The topological polar surface area (TPSA) is 37.3 Å². The van der Waals surface area contributed by atoms with E-state index in [0.717, 1.165) is 25.7 Å². The van der Waals surface area contributed by atoms with Crippen LogP contribution in [0.3, 0.4) is 0 Å². The van der Waals surface area contributed by atoms with Crippen molar-refractivity contribution in [2.24, 2.45) is 0 Å². The Morgan fingerprint density at radius 1 is 1.11 bits per heavy atom. The van der Waals surface area contributed by atoms with Gasteiger partial charge in [0.05, 0.1) is 0 Å². The van der Waals surface area contributed by atoms with Crippen LogP contribution in [0.15, 0.2) is 30.4 Å². The van der Waals surface area contributed by atoms with Gasteiger partial charge in [-0.2, -0.15) is 0 Å². The zero-order valence-corrected chi connectivity index (χ0v) is 12.0. The minimum atomic E-state index is -0.729. The molecule has 0 radical (unpaired) electrons. The van der Waals surface area contributed by atoms with E-state index in [4.69, 9.17) is 5.11 Å². The summed E-state index contributed by atoms with van der Waals surface area (Å²) in [5.41, 5.74) is 4.26. The first-order chi connectivity index (χ1) is 9.17. The molecular formula is C17H24O2. The van der Waals surface area contributed by atoms with E-state index in [1.54, 1.807) is 0 Å². The number of carboxylic acids is 1. The van der Waals surface area contributed by atoms with Gasteiger partial charge in [-0.25, -0.2) is 0 Å². The first-order valence-corrected chi connectivity index (χ1v) is 7.14. The molecule has 1 aromatic rings. The molecule has 1 N–H and O–H groups in total. The smallest absolute Gasteiger partial charge is 0.303 e. The molecule has 1 rings (SSSR count). The van der Waals surface area contributed by atoms with Crippen LogP contribution in [-0.2, 0) is 24.1 Å². The van der Waals surface area contributed by atoms with E-state index < -0.39 is 5.97 Å². The van der Waals surface area contributed by atoms with Gasteiger partial charge < -0.3 is 5.11 Å². The summed E-state index contributed by atoms with van der Waals surface area (Å²) in [7, 11) is 0. The number of carbonyl (C=O) groups is 1. The summed E-state index contributed by atoms with van der Waals surface area (Å²) in [6.07, 6.45) is 9.10. The van der Waals surface area contributed by atoms with Crippen molar-refractivity contribution < 1.29 is 9.90 Å². The molecule has 0 aliphatic carbocycles. The Labute approximate surface area is 116 Å². The second-order valence-electron chi connectivity index (χ2n) is 4.75. The molecule has 0 fully saturated rings. The molecular weight excluding hydrogens is 236 g/mol. The molecule has 1 aromatic carbocycles. The largest absolute Gasteiger partial charge is 0.481 e. The molecule has 0 saturated heterocycles. The summed E-state index contributed by atoms with van der Waals surface area (Å²) in [6, 6.07) is 6.76. The average Bonchev–Trinajstić information content (AvgIpc) is 2.42. The van der Waals surface area contributed by atoms with Crippen molar-refractivity contribution in [2.45, 2.75) is 52.4 Å². The highest BCUT2D eigenvalue weighted by molar-refractivity contribution is 5.66. The summed E-state index contributed by atoms with van der Waals surface area (Å²) in [5, 5.41) is 8.53. The van der Waals surface area contributed by atoms with Gasteiger partial charge in [-0.15, -0.1) is 0 Å². The van der Waals surface area contributed by atoms with E-state index in [0.29, 0.717) is 6.42 Å². The maximum absolute atomic E-state index is 10.4. The van der Waals surface area contributed by atoms with Gasteiger partial charge in [-0.3, -0.25) is 4.79 Å². The molecule has 2 heteroatoms. The Morgan fingerprint density at radius 2 is 1.84 bits per heavy atom. The predicted molar refractivity (Wildman–Crippen MR) is 79.5 cm³/mol. The molecule has 0 amide bonds. The molecule has 0 bridgehead atoms. The van der Waals surface area contributed by atoms with Gasteiger partial charge >= 0.3 is 5.97 Å². The summed E-state index contributed by atoms with van der Waals surface area (Å²) in [4.78, 5) is 10.4. The molecule has 0 atom stereocenters. The van der Waals surface area contributed by atoms with Crippen molar-refractivity contribution in [3.63, 3.8) is 0 Å². The molecule has 0 aromatic heterocycles. The quantitative estimate of drug-likeness (QED) is 0.712. The Morgan fingerprint density at radius 3 is 2.47 bits per heavy atom. The normalized spacial score (nSPS) is 11.1. The van der Waals surface area contributed by atoms with Crippen molar-refractivity contribution in [2.75, 3.05) is 0 Å². The number of rotatable bonds is 8. The van der Waals surface area contributed by atoms with Gasteiger partial charge in [0.25, 0.3) is 0 Å². The molecule has 0 spiro atoms. The van der Waals surface area contributed by atoms with Crippen LogP contribution in [0.1, 0.15) is 49.8 Å². The summed E-state index contributed by atoms with van der Waals surface area (Å²) in [5.74, 6) is -0.729. The third kappa shape index (κ3) is 5.73. The fraction of sp³-hybridized carbons (Fsp3) is 0.471. The molecule has 0 saturated carbocycles. The summed E-state index contributed by atoms with van der Waals surface area (Å²) in [6.45, 7) is 4.38. The van der Waals surface area contributed by atoms with E-state index in [1.807, 2.05) is 6.08 Å². The molecule has 0 aliphatic rings. The SMILES string of the molecule is CCc1ccc(CCC=CCCC(=O)O)c(CC)c1. The molecule has 0 aliphatic heterocycles. The number of allylic oxidation sites excluding steroid dienone is 2. The zero-order chi connectivity index (χ0) is 14.1. The van der Waals surface area contributed by atoms with Gasteiger partial charge in [-0.1, -0.05) is 44.2 Å². The lowest BCUT2D eigenvalue weighted by Crippen LogP contribution is -1.95.